The Morgan fingerprint density at radius 3 is 1.98 bits per heavy atom. The average molecular weight is 590 g/mol. The van der Waals surface area contributed by atoms with Gasteiger partial charge in [-0.05, 0) is 66.7 Å². The largest absolute Gasteiger partial charge is 0.496 e. The van der Waals surface area contributed by atoms with Gasteiger partial charge in [0.2, 0.25) is 0 Å². The highest BCUT2D eigenvalue weighted by Gasteiger charge is 2.11. The van der Waals surface area contributed by atoms with Crippen molar-refractivity contribution in [1.29, 1.82) is 0 Å². The average Bonchev–Trinajstić information content (AvgIpc) is 2.98. The van der Waals surface area contributed by atoms with Crippen LogP contribution in [0.2, 0.25) is 15.1 Å². The third kappa shape index (κ3) is 5.77. The third-order valence-electron chi connectivity index (χ3n) is 6.29. The lowest BCUT2D eigenvalue weighted by atomic mass is 10.1. The molecule has 2 heterocycles. The molecule has 1 N–H and O–H groups in total. The summed E-state index contributed by atoms with van der Waals surface area (Å²) in [7, 11) is 3.25. The summed E-state index contributed by atoms with van der Waals surface area (Å²) in [5, 5.41) is 3.24. The third-order valence-corrected chi connectivity index (χ3v) is 7.08. The van der Waals surface area contributed by atoms with E-state index in [0.29, 0.717) is 20.5 Å². The van der Waals surface area contributed by atoms with Gasteiger partial charge in [0.15, 0.2) is 5.43 Å². The van der Waals surface area contributed by atoms with Crippen LogP contribution in [0, 0.1) is 0 Å². The molecule has 0 aliphatic rings. The zero-order chi connectivity index (χ0) is 28.2. The molecule has 0 aliphatic carbocycles. The Bertz CT molecular complexity index is 1900. The Labute approximate surface area is 245 Å². The number of nitrogens with one attached hydrogen (secondary N) is 1. The van der Waals surface area contributed by atoms with E-state index in [-0.39, 0.29) is 5.43 Å². The van der Waals surface area contributed by atoms with Crippen LogP contribution in [0.5, 0.6) is 11.5 Å². The van der Waals surface area contributed by atoms with Crippen LogP contribution in [-0.2, 0) is 0 Å². The van der Waals surface area contributed by atoms with E-state index in [1.807, 2.05) is 66.7 Å². The lowest BCUT2D eigenvalue weighted by Gasteiger charge is -2.09. The van der Waals surface area contributed by atoms with E-state index < -0.39 is 0 Å². The van der Waals surface area contributed by atoms with Gasteiger partial charge in [-0.2, -0.15) is 0 Å². The fourth-order valence-corrected chi connectivity index (χ4v) is 4.98. The van der Waals surface area contributed by atoms with Gasteiger partial charge in [0.05, 0.1) is 36.1 Å². The number of pyridine rings is 2. The van der Waals surface area contributed by atoms with E-state index in [4.69, 9.17) is 44.3 Å². The number of ether oxygens (including phenoxy) is 2. The number of methoxy groups -OCH3 is 2. The number of hydrogen-bond acceptors (Lipinski definition) is 4. The molecule has 0 unspecified atom stereocenters. The molecule has 0 bridgehead atoms. The molecule has 2 aromatic heterocycles. The van der Waals surface area contributed by atoms with Crippen LogP contribution in [0.3, 0.4) is 0 Å². The predicted molar refractivity (Wildman–Crippen MR) is 165 cm³/mol. The van der Waals surface area contributed by atoms with Crippen molar-refractivity contribution in [3.8, 4) is 34.0 Å². The second-order valence-electron chi connectivity index (χ2n) is 8.79. The van der Waals surface area contributed by atoms with Crippen molar-refractivity contribution in [1.82, 2.24) is 9.97 Å². The van der Waals surface area contributed by atoms with Crippen molar-refractivity contribution in [3.05, 3.63) is 122 Å². The van der Waals surface area contributed by atoms with Crippen LogP contribution in [0.1, 0.15) is 0 Å². The summed E-state index contributed by atoms with van der Waals surface area (Å²) >= 11 is 18.3. The number of halogens is 3. The molecular weight excluding hydrogens is 567 g/mol. The first kappa shape index (κ1) is 27.5. The molecule has 6 rings (SSSR count). The van der Waals surface area contributed by atoms with Crippen LogP contribution in [-0.4, -0.2) is 24.2 Å². The standard InChI is InChI=1S/C16H11Cl2NO.C16H12ClNO2/c1-20-16-5-3-2-4-11(16)15-9-13(18)12-8-10(17)6-7-14(12)19-15;1-20-16-5-3-2-4-11(16)14-9-15(19)12-8-10(17)6-7-13(12)18-14/h2-9H,1H3;2-9H,1H3,(H,18,19). The van der Waals surface area contributed by atoms with Crippen LogP contribution in [0.15, 0.2) is 102 Å². The first-order chi connectivity index (χ1) is 19.4. The van der Waals surface area contributed by atoms with Gasteiger partial charge in [0, 0.05) is 43.5 Å². The molecule has 0 saturated heterocycles. The number of fused-ring (bicyclic) bond motifs is 2. The van der Waals surface area contributed by atoms with Crippen molar-refractivity contribution in [2.75, 3.05) is 14.2 Å². The molecule has 0 saturated carbocycles. The summed E-state index contributed by atoms with van der Waals surface area (Å²) in [4.78, 5) is 20.1. The Morgan fingerprint density at radius 2 is 1.27 bits per heavy atom. The number of para-hydroxylation sites is 2. The van der Waals surface area contributed by atoms with Gasteiger partial charge in [-0.1, -0.05) is 59.1 Å². The first-order valence-corrected chi connectivity index (χ1v) is 13.4. The summed E-state index contributed by atoms with van der Waals surface area (Å²) in [6.45, 7) is 0. The number of benzene rings is 4. The topological polar surface area (TPSA) is 64.2 Å². The molecule has 0 amide bonds. The van der Waals surface area contributed by atoms with Crippen molar-refractivity contribution < 1.29 is 9.47 Å². The monoisotopic (exact) mass is 588 g/mol. The Morgan fingerprint density at radius 1 is 0.675 bits per heavy atom. The molecule has 40 heavy (non-hydrogen) atoms. The lowest BCUT2D eigenvalue weighted by Crippen LogP contribution is -2.03. The maximum atomic E-state index is 12.2. The fourth-order valence-electron chi connectivity index (χ4n) is 4.38. The van der Waals surface area contributed by atoms with E-state index in [9.17, 15) is 4.79 Å². The predicted octanol–water partition coefficient (Wildman–Crippen LogP) is 9.07. The van der Waals surface area contributed by atoms with E-state index in [2.05, 4.69) is 9.97 Å². The summed E-state index contributed by atoms with van der Waals surface area (Å²) in [6, 6.07) is 29.4. The van der Waals surface area contributed by atoms with E-state index in [0.717, 1.165) is 50.4 Å². The zero-order valence-electron chi connectivity index (χ0n) is 21.5. The SMILES string of the molecule is COc1ccccc1-c1cc(=O)c2cc(Cl)ccc2[nH]1.COc1ccccc1-c1cc(Cl)c2cc(Cl)ccc2n1. The number of aromatic nitrogens is 2. The van der Waals surface area contributed by atoms with Crippen LogP contribution in [0.4, 0.5) is 0 Å². The second-order valence-corrected chi connectivity index (χ2v) is 10.1. The van der Waals surface area contributed by atoms with Crippen LogP contribution >= 0.6 is 34.8 Å². The molecule has 0 atom stereocenters. The molecule has 8 heteroatoms. The molecule has 200 valence electrons. The van der Waals surface area contributed by atoms with Gasteiger partial charge in [0.25, 0.3) is 0 Å². The minimum atomic E-state index is -0.0674. The number of nitrogens with zero attached hydrogens (tertiary/aromatic N) is 1. The Kier molecular flexibility index (Phi) is 8.27. The van der Waals surface area contributed by atoms with Gasteiger partial charge < -0.3 is 14.5 Å². The lowest BCUT2D eigenvalue weighted by molar-refractivity contribution is 0.416. The smallest absolute Gasteiger partial charge is 0.190 e. The molecule has 0 spiro atoms. The minimum absolute atomic E-state index is 0.0674. The van der Waals surface area contributed by atoms with Gasteiger partial charge in [-0.3, -0.25) is 4.79 Å². The Hall–Kier alpha value is -4.03. The maximum absolute atomic E-state index is 12.2. The highest BCUT2D eigenvalue weighted by atomic mass is 35.5. The number of hydrogen-bond donors (Lipinski definition) is 1. The van der Waals surface area contributed by atoms with E-state index in [1.165, 1.54) is 0 Å². The number of aromatic amines is 1. The number of H-pyrrole nitrogens is 1. The Balaban J connectivity index is 0.000000161. The van der Waals surface area contributed by atoms with Crippen LogP contribution < -0.4 is 14.9 Å². The van der Waals surface area contributed by atoms with E-state index in [1.54, 1.807) is 44.6 Å². The van der Waals surface area contributed by atoms with E-state index >= 15 is 0 Å². The quantitative estimate of drug-likeness (QED) is 0.223. The zero-order valence-corrected chi connectivity index (χ0v) is 23.8. The van der Waals surface area contributed by atoms with Gasteiger partial charge in [0.1, 0.15) is 11.5 Å². The second kappa shape index (κ2) is 12.0. The fraction of sp³-hybridized carbons (Fsp3) is 0.0625. The van der Waals surface area contributed by atoms with Crippen molar-refractivity contribution in [2.45, 2.75) is 0 Å². The highest BCUT2D eigenvalue weighted by molar-refractivity contribution is 6.37. The molecule has 0 fully saturated rings. The van der Waals surface area contributed by atoms with Gasteiger partial charge >= 0.3 is 0 Å². The van der Waals surface area contributed by atoms with Gasteiger partial charge in [-0.25, -0.2) is 4.98 Å². The number of rotatable bonds is 4. The summed E-state index contributed by atoms with van der Waals surface area (Å²) < 4.78 is 10.7. The van der Waals surface area contributed by atoms with Crippen molar-refractivity contribution >= 4 is 56.6 Å². The molecule has 5 nitrogen and oxygen atoms in total. The van der Waals surface area contributed by atoms with Crippen molar-refractivity contribution in [2.24, 2.45) is 0 Å². The van der Waals surface area contributed by atoms with Gasteiger partial charge in [-0.15, -0.1) is 0 Å². The molecular formula is C32H23Cl3N2O3. The molecule has 0 radical (unpaired) electrons. The molecule has 4 aromatic carbocycles. The van der Waals surface area contributed by atoms with Crippen molar-refractivity contribution in [3.63, 3.8) is 0 Å². The maximum Gasteiger partial charge on any atom is 0.190 e. The summed E-state index contributed by atoms with van der Waals surface area (Å²) in [5.74, 6) is 1.49. The minimum Gasteiger partial charge on any atom is -0.496 e. The summed E-state index contributed by atoms with van der Waals surface area (Å²) in [5.41, 5.74) is 4.76. The first-order valence-electron chi connectivity index (χ1n) is 12.2. The molecule has 6 aromatic rings. The van der Waals surface area contributed by atoms with Crippen LogP contribution in [0.25, 0.3) is 44.3 Å². The normalized spacial score (nSPS) is 10.7. The molecule has 0 aliphatic heterocycles. The highest BCUT2D eigenvalue weighted by Crippen LogP contribution is 2.34. The summed E-state index contributed by atoms with van der Waals surface area (Å²) in [6.07, 6.45) is 0.